The third-order valence-electron chi connectivity index (χ3n) is 6.98. The Bertz CT molecular complexity index is 1260. The van der Waals surface area contributed by atoms with E-state index < -0.39 is 13.9 Å². The van der Waals surface area contributed by atoms with Gasteiger partial charge in [-0.25, -0.2) is 0 Å². The Kier molecular flexibility index (Phi) is 4.70. The normalized spacial score (nSPS) is 20.6. The smallest absolute Gasteiger partial charge is 0.307 e. The van der Waals surface area contributed by atoms with E-state index in [2.05, 4.69) is 97.1 Å². The Morgan fingerprint density at radius 2 is 1.22 bits per heavy atom. The van der Waals surface area contributed by atoms with Crippen molar-refractivity contribution >= 4 is 29.8 Å². The van der Waals surface area contributed by atoms with Crippen molar-refractivity contribution in [2.24, 2.45) is 5.92 Å². The van der Waals surface area contributed by atoms with E-state index in [0.29, 0.717) is 6.42 Å². The Morgan fingerprint density at radius 1 is 0.656 bits per heavy atom. The second-order valence-corrected chi connectivity index (χ2v) is 10.9. The van der Waals surface area contributed by atoms with Crippen LogP contribution in [0.1, 0.15) is 40.5 Å². The van der Waals surface area contributed by atoms with Crippen LogP contribution >= 0.6 is 7.92 Å². The maximum atomic E-state index is 12.2. The first-order valence-electron chi connectivity index (χ1n) is 11.1. The average Bonchev–Trinajstić information content (AvgIpc) is 2.85. The molecular formula is C29H23O2P. The molecule has 3 aliphatic carbocycles. The molecule has 4 aromatic carbocycles. The number of hydrogen-bond donors (Lipinski definition) is 1. The lowest BCUT2D eigenvalue weighted by atomic mass is 9.59. The van der Waals surface area contributed by atoms with Gasteiger partial charge in [-0.1, -0.05) is 97.1 Å². The van der Waals surface area contributed by atoms with Crippen molar-refractivity contribution in [3.63, 3.8) is 0 Å². The fraction of sp³-hybridized carbons (Fsp3) is 0.138. The summed E-state index contributed by atoms with van der Waals surface area (Å²) < 4.78 is 0. The Labute approximate surface area is 189 Å². The molecule has 0 fully saturated rings. The molecule has 0 aromatic heterocycles. The number of carbonyl (C=O) groups is 1. The highest BCUT2D eigenvalue weighted by Crippen LogP contribution is 2.55. The lowest BCUT2D eigenvalue weighted by molar-refractivity contribution is -0.143. The summed E-state index contributed by atoms with van der Waals surface area (Å²) in [4.78, 5) is 12.2. The van der Waals surface area contributed by atoms with Crippen LogP contribution in [-0.4, -0.2) is 11.1 Å². The van der Waals surface area contributed by atoms with Gasteiger partial charge in [0.05, 0.1) is 5.92 Å². The van der Waals surface area contributed by atoms with Gasteiger partial charge in [-0.05, 0) is 58.6 Å². The lowest BCUT2D eigenvalue weighted by Gasteiger charge is -2.44. The average molecular weight is 434 g/mol. The molecule has 0 saturated heterocycles. The monoisotopic (exact) mass is 434 g/mol. The Hall–Kier alpha value is -3.22. The molecule has 4 aromatic rings. The van der Waals surface area contributed by atoms with E-state index in [1.54, 1.807) is 0 Å². The molecule has 0 amide bonds. The SMILES string of the molecule is O=C(O)C1C[C@@H]2c3ccccc3[C@H]1c1cc(P(c3ccccc3)c3ccccc3)ccc12. The summed E-state index contributed by atoms with van der Waals surface area (Å²) >= 11 is 0. The van der Waals surface area contributed by atoms with Gasteiger partial charge in [0.15, 0.2) is 0 Å². The van der Waals surface area contributed by atoms with Crippen LogP contribution in [0.3, 0.4) is 0 Å². The highest BCUT2D eigenvalue weighted by atomic mass is 31.1. The summed E-state index contributed by atoms with van der Waals surface area (Å²) in [5.74, 6) is -0.954. The minimum Gasteiger partial charge on any atom is -0.481 e. The predicted molar refractivity (Wildman–Crippen MR) is 131 cm³/mol. The summed E-state index contributed by atoms with van der Waals surface area (Å²) in [6.07, 6.45) is 0.690. The highest BCUT2D eigenvalue weighted by Gasteiger charge is 2.46. The molecule has 3 heteroatoms. The van der Waals surface area contributed by atoms with Crippen LogP contribution in [0, 0.1) is 5.92 Å². The van der Waals surface area contributed by atoms with E-state index in [4.69, 9.17) is 0 Å². The molecule has 0 spiro atoms. The third-order valence-corrected chi connectivity index (χ3v) is 9.41. The molecule has 7 rings (SSSR count). The second-order valence-electron chi connectivity index (χ2n) is 8.66. The minimum absolute atomic E-state index is 0.0768. The van der Waals surface area contributed by atoms with Gasteiger partial charge in [-0.3, -0.25) is 4.79 Å². The topological polar surface area (TPSA) is 37.3 Å². The molecule has 3 atom stereocenters. The summed E-state index contributed by atoms with van der Waals surface area (Å²) in [6, 6.07) is 36.7. The van der Waals surface area contributed by atoms with Crippen molar-refractivity contribution in [3.8, 4) is 0 Å². The zero-order chi connectivity index (χ0) is 21.7. The van der Waals surface area contributed by atoms with Gasteiger partial charge in [-0.15, -0.1) is 0 Å². The fourth-order valence-electron chi connectivity index (χ4n) is 5.66. The third kappa shape index (κ3) is 3.02. The van der Waals surface area contributed by atoms with Crippen molar-refractivity contribution in [1.82, 2.24) is 0 Å². The predicted octanol–water partition coefficient (Wildman–Crippen LogP) is 5.13. The molecule has 1 N–H and O–H groups in total. The van der Waals surface area contributed by atoms with Crippen molar-refractivity contribution in [3.05, 3.63) is 125 Å². The maximum Gasteiger partial charge on any atom is 0.307 e. The minimum atomic E-state index is -0.715. The number of benzene rings is 4. The molecule has 1 unspecified atom stereocenters. The quantitative estimate of drug-likeness (QED) is 0.453. The van der Waals surface area contributed by atoms with E-state index in [1.807, 2.05) is 6.07 Å². The van der Waals surface area contributed by atoms with Gasteiger partial charge in [0, 0.05) is 11.8 Å². The van der Waals surface area contributed by atoms with Crippen molar-refractivity contribution in [2.75, 3.05) is 0 Å². The summed E-state index contributed by atoms with van der Waals surface area (Å²) in [7, 11) is -0.715. The van der Waals surface area contributed by atoms with Crippen LogP contribution in [0.4, 0.5) is 0 Å². The number of hydrogen-bond acceptors (Lipinski definition) is 1. The molecule has 2 nitrogen and oxygen atoms in total. The van der Waals surface area contributed by atoms with Gasteiger partial charge in [-0.2, -0.15) is 0 Å². The maximum absolute atomic E-state index is 12.2. The number of carboxylic acid groups (broad SMARTS) is 1. The first-order valence-corrected chi connectivity index (χ1v) is 12.4. The van der Waals surface area contributed by atoms with Gasteiger partial charge in [0.2, 0.25) is 0 Å². The van der Waals surface area contributed by atoms with E-state index in [-0.39, 0.29) is 17.8 Å². The van der Waals surface area contributed by atoms with Gasteiger partial charge in [0.25, 0.3) is 0 Å². The van der Waals surface area contributed by atoms with E-state index in [0.717, 1.165) is 0 Å². The van der Waals surface area contributed by atoms with Gasteiger partial charge < -0.3 is 5.11 Å². The molecular weight excluding hydrogens is 411 g/mol. The van der Waals surface area contributed by atoms with E-state index >= 15 is 0 Å². The van der Waals surface area contributed by atoms with E-state index in [9.17, 15) is 9.90 Å². The Morgan fingerprint density at radius 3 is 1.84 bits per heavy atom. The Balaban J connectivity index is 1.54. The van der Waals surface area contributed by atoms with Crippen LogP contribution in [0.15, 0.2) is 103 Å². The molecule has 0 saturated carbocycles. The van der Waals surface area contributed by atoms with Crippen LogP contribution in [0.5, 0.6) is 0 Å². The van der Waals surface area contributed by atoms with Crippen molar-refractivity contribution in [1.29, 1.82) is 0 Å². The standard InChI is InChI=1S/C29H23O2P/c30-29(31)27-18-25-22-13-7-8-14-24(22)28(27)26-17-21(15-16-23(25)26)32(19-9-3-1-4-10-19)20-11-5-2-6-12-20/h1-17,25,27-28H,18H2,(H,30,31)/t25-,27?,28+/m1/s1. The zero-order valence-electron chi connectivity index (χ0n) is 17.6. The van der Waals surface area contributed by atoms with Crippen molar-refractivity contribution in [2.45, 2.75) is 18.3 Å². The van der Waals surface area contributed by atoms with Crippen LogP contribution < -0.4 is 15.9 Å². The molecule has 3 aliphatic rings. The second kappa shape index (κ2) is 7.73. The zero-order valence-corrected chi connectivity index (χ0v) is 18.5. The molecule has 156 valence electrons. The summed E-state index contributed by atoms with van der Waals surface area (Å²) in [5.41, 5.74) is 5.03. The van der Waals surface area contributed by atoms with Crippen LogP contribution in [0.25, 0.3) is 0 Å². The highest BCUT2D eigenvalue weighted by molar-refractivity contribution is 7.79. The lowest BCUT2D eigenvalue weighted by Crippen LogP contribution is -2.37. The number of rotatable bonds is 4. The van der Waals surface area contributed by atoms with Crippen LogP contribution in [0.2, 0.25) is 0 Å². The molecule has 0 radical (unpaired) electrons. The van der Waals surface area contributed by atoms with Crippen LogP contribution in [-0.2, 0) is 4.79 Å². The number of aliphatic carboxylic acids is 1. The molecule has 0 aliphatic heterocycles. The largest absolute Gasteiger partial charge is 0.481 e. The van der Waals surface area contributed by atoms with Crippen molar-refractivity contribution < 1.29 is 9.90 Å². The van der Waals surface area contributed by atoms with Gasteiger partial charge in [0.1, 0.15) is 0 Å². The number of carboxylic acids is 1. The molecule has 0 heterocycles. The summed E-state index contributed by atoms with van der Waals surface area (Å²) in [6.45, 7) is 0. The van der Waals surface area contributed by atoms with Gasteiger partial charge >= 0.3 is 5.97 Å². The fourth-order valence-corrected chi connectivity index (χ4v) is 7.98. The molecule has 2 bridgehead atoms. The summed E-state index contributed by atoms with van der Waals surface area (Å²) in [5, 5.41) is 14.0. The van der Waals surface area contributed by atoms with E-state index in [1.165, 1.54) is 38.2 Å². The first kappa shape index (κ1) is 19.5. The number of fused-ring (bicyclic) bond motifs is 1. The molecule has 32 heavy (non-hydrogen) atoms. The first-order chi connectivity index (χ1) is 15.7.